The number of rotatable bonds is 2. The van der Waals surface area contributed by atoms with E-state index in [1.54, 1.807) is 0 Å². The van der Waals surface area contributed by atoms with Gasteiger partial charge >= 0.3 is 0 Å². The highest BCUT2D eigenvalue weighted by atomic mass is 16.5. The van der Waals surface area contributed by atoms with Gasteiger partial charge in [0.2, 0.25) is 0 Å². The highest BCUT2D eigenvalue weighted by Crippen LogP contribution is 2.37. The standard InChI is InChI=1S/C15H19NO/c1-17-15-9-5-3-7-12(15)13-10-16-14-8-4-2-6-11(13)14/h2,4,6,8,10,12,15-16H,3,5,7,9H2,1H3. The van der Waals surface area contributed by atoms with Crippen LogP contribution in [0.3, 0.4) is 0 Å². The maximum atomic E-state index is 5.66. The molecule has 17 heavy (non-hydrogen) atoms. The van der Waals surface area contributed by atoms with Gasteiger partial charge in [0.15, 0.2) is 0 Å². The first kappa shape index (κ1) is 10.8. The Morgan fingerprint density at radius 3 is 2.88 bits per heavy atom. The van der Waals surface area contributed by atoms with E-state index in [4.69, 9.17) is 4.74 Å². The van der Waals surface area contributed by atoms with E-state index in [2.05, 4.69) is 35.4 Å². The maximum Gasteiger partial charge on any atom is 0.0640 e. The number of aromatic nitrogens is 1. The second-order valence-corrected chi connectivity index (χ2v) is 4.95. The van der Waals surface area contributed by atoms with Gasteiger partial charge in [-0.05, 0) is 24.5 Å². The molecule has 0 bridgehead atoms. The van der Waals surface area contributed by atoms with Crippen molar-refractivity contribution in [3.05, 3.63) is 36.0 Å². The van der Waals surface area contributed by atoms with E-state index >= 15 is 0 Å². The number of para-hydroxylation sites is 1. The predicted octanol–water partition coefficient (Wildman–Crippen LogP) is 3.84. The molecular formula is C15H19NO. The van der Waals surface area contributed by atoms with Crippen molar-refractivity contribution in [3.8, 4) is 0 Å². The lowest BCUT2D eigenvalue weighted by molar-refractivity contribution is 0.0527. The number of H-pyrrole nitrogens is 1. The fourth-order valence-corrected chi connectivity index (χ4v) is 3.14. The third-order valence-electron chi connectivity index (χ3n) is 4.03. The van der Waals surface area contributed by atoms with Crippen molar-refractivity contribution in [1.82, 2.24) is 4.98 Å². The predicted molar refractivity (Wildman–Crippen MR) is 70.3 cm³/mol. The molecule has 0 radical (unpaired) electrons. The molecule has 2 nitrogen and oxygen atoms in total. The summed E-state index contributed by atoms with van der Waals surface area (Å²) < 4.78 is 5.66. The van der Waals surface area contributed by atoms with Gasteiger partial charge in [0.25, 0.3) is 0 Å². The Morgan fingerprint density at radius 2 is 2.00 bits per heavy atom. The van der Waals surface area contributed by atoms with Crippen LogP contribution < -0.4 is 0 Å². The Hall–Kier alpha value is -1.28. The lowest BCUT2D eigenvalue weighted by Gasteiger charge is -2.30. The first-order valence-corrected chi connectivity index (χ1v) is 6.49. The second kappa shape index (κ2) is 4.53. The molecular weight excluding hydrogens is 210 g/mol. The topological polar surface area (TPSA) is 25.0 Å². The molecule has 90 valence electrons. The van der Waals surface area contributed by atoms with Gasteiger partial charge < -0.3 is 9.72 Å². The molecule has 0 saturated heterocycles. The summed E-state index contributed by atoms with van der Waals surface area (Å²) in [6.45, 7) is 0. The lowest BCUT2D eigenvalue weighted by Crippen LogP contribution is -2.24. The van der Waals surface area contributed by atoms with Crippen molar-refractivity contribution in [2.24, 2.45) is 0 Å². The summed E-state index contributed by atoms with van der Waals surface area (Å²) in [5.74, 6) is 0.560. The number of nitrogens with one attached hydrogen (secondary N) is 1. The smallest absolute Gasteiger partial charge is 0.0640 e. The van der Waals surface area contributed by atoms with Gasteiger partial charge in [0.05, 0.1) is 6.10 Å². The number of ether oxygens (including phenoxy) is 1. The number of hydrogen-bond donors (Lipinski definition) is 1. The van der Waals surface area contributed by atoms with E-state index in [0.717, 1.165) is 0 Å². The molecule has 1 saturated carbocycles. The number of methoxy groups -OCH3 is 1. The molecule has 1 N–H and O–H groups in total. The molecule has 0 spiro atoms. The van der Waals surface area contributed by atoms with Crippen LogP contribution in [0.4, 0.5) is 0 Å². The average molecular weight is 229 g/mol. The molecule has 0 amide bonds. The molecule has 1 aromatic heterocycles. The van der Waals surface area contributed by atoms with Gasteiger partial charge in [-0.2, -0.15) is 0 Å². The first-order valence-electron chi connectivity index (χ1n) is 6.49. The van der Waals surface area contributed by atoms with Crippen LogP contribution >= 0.6 is 0 Å². The minimum atomic E-state index is 0.392. The molecule has 0 aliphatic heterocycles. The van der Waals surface area contributed by atoms with Crippen LogP contribution in [0, 0.1) is 0 Å². The fourth-order valence-electron chi connectivity index (χ4n) is 3.14. The monoisotopic (exact) mass is 229 g/mol. The quantitative estimate of drug-likeness (QED) is 0.831. The zero-order valence-corrected chi connectivity index (χ0v) is 10.3. The fraction of sp³-hybridized carbons (Fsp3) is 0.467. The minimum absolute atomic E-state index is 0.392. The first-order chi connectivity index (χ1) is 8.40. The Bertz CT molecular complexity index is 502. The number of aromatic amines is 1. The van der Waals surface area contributed by atoms with Gasteiger partial charge in [0, 0.05) is 30.1 Å². The summed E-state index contributed by atoms with van der Waals surface area (Å²) in [6, 6.07) is 8.55. The molecule has 1 aliphatic rings. The Balaban J connectivity index is 2.01. The molecule has 2 atom stereocenters. The highest BCUT2D eigenvalue weighted by Gasteiger charge is 2.27. The van der Waals surface area contributed by atoms with Crippen molar-refractivity contribution in [2.45, 2.75) is 37.7 Å². The largest absolute Gasteiger partial charge is 0.381 e. The van der Waals surface area contributed by atoms with Crippen molar-refractivity contribution < 1.29 is 4.74 Å². The van der Waals surface area contributed by atoms with Crippen molar-refractivity contribution in [1.29, 1.82) is 0 Å². The summed E-state index contributed by atoms with van der Waals surface area (Å²) in [7, 11) is 1.85. The summed E-state index contributed by atoms with van der Waals surface area (Å²) in [5, 5.41) is 1.36. The highest BCUT2D eigenvalue weighted by molar-refractivity contribution is 5.83. The SMILES string of the molecule is COC1CCCCC1c1c[nH]c2ccccc12. The molecule has 1 aromatic carbocycles. The minimum Gasteiger partial charge on any atom is -0.381 e. The van der Waals surface area contributed by atoms with Crippen LogP contribution in [0.1, 0.15) is 37.2 Å². The van der Waals surface area contributed by atoms with Crippen molar-refractivity contribution in [2.75, 3.05) is 7.11 Å². The summed E-state index contributed by atoms with van der Waals surface area (Å²) >= 11 is 0. The average Bonchev–Trinajstić information content (AvgIpc) is 2.82. The zero-order valence-electron chi connectivity index (χ0n) is 10.3. The zero-order chi connectivity index (χ0) is 11.7. The number of benzene rings is 1. The van der Waals surface area contributed by atoms with Crippen LogP contribution in [0.25, 0.3) is 10.9 Å². The summed E-state index contributed by atoms with van der Waals surface area (Å²) in [5.41, 5.74) is 2.68. The van der Waals surface area contributed by atoms with E-state index in [1.165, 1.54) is 42.1 Å². The summed E-state index contributed by atoms with van der Waals surface area (Å²) in [6.07, 6.45) is 7.64. The van der Waals surface area contributed by atoms with Gasteiger partial charge in [-0.3, -0.25) is 0 Å². The van der Waals surface area contributed by atoms with E-state index in [-0.39, 0.29) is 0 Å². The van der Waals surface area contributed by atoms with E-state index in [0.29, 0.717) is 12.0 Å². The van der Waals surface area contributed by atoms with Gasteiger partial charge in [-0.25, -0.2) is 0 Å². The molecule has 1 fully saturated rings. The summed E-state index contributed by atoms with van der Waals surface area (Å²) in [4.78, 5) is 3.37. The van der Waals surface area contributed by atoms with Crippen molar-refractivity contribution in [3.63, 3.8) is 0 Å². The maximum absolute atomic E-state index is 5.66. The van der Waals surface area contributed by atoms with Gasteiger partial charge in [-0.15, -0.1) is 0 Å². The van der Waals surface area contributed by atoms with Crippen LogP contribution in [0.15, 0.2) is 30.5 Å². The van der Waals surface area contributed by atoms with E-state index < -0.39 is 0 Å². The molecule has 2 heteroatoms. The molecule has 1 aliphatic carbocycles. The third-order valence-corrected chi connectivity index (χ3v) is 4.03. The molecule has 2 aromatic rings. The molecule has 2 unspecified atom stereocenters. The normalized spacial score (nSPS) is 25.2. The Kier molecular flexibility index (Phi) is 2.89. The Morgan fingerprint density at radius 1 is 1.18 bits per heavy atom. The van der Waals surface area contributed by atoms with Crippen LogP contribution in [0.2, 0.25) is 0 Å². The Labute approximate surface area is 102 Å². The molecule has 1 heterocycles. The van der Waals surface area contributed by atoms with Crippen molar-refractivity contribution >= 4 is 10.9 Å². The number of hydrogen-bond acceptors (Lipinski definition) is 1. The number of fused-ring (bicyclic) bond motifs is 1. The van der Waals surface area contributed by atoms with E-state index in [9.17, 15) is 0 Å². The van der Waals surface area contributed by atoms with Crippen LogP contribution in [0.5, 0.6) is 0 Å². The molecule has 3 rings (SSSR count). The lowest BCUT2D eigenvalue weighted by atomic mass is 9.81. The second-order valence-electron chi connectivity index (χ2n) is 4.95. The third kappa shape index (κ3) is 1.87. The van der Waals surface area contributed by atoms with E-state index in [1.807, 2.05) is 7.11 Å². The van der Waals surface area contributed by atoms with Gasteiger partial charge in [0.1, 0.15) is 0 Å². The van der Waals surface area contributed by atoms with Crippen LogP contribution in [-0.4, -0.2) is 18.2 Å². The van der Waals surface area contributed by atoms with Gasteiger partial charge in [-0.1, -0.05) is 31.0 Å². The van der Waals surface area contributed by atoms with Crippen LogP contribution in [-0.2, 0) is 4.74 Å².